The van der Waals surface area contributed by atoms with Gasteiger partial charge in [0.15, 0.2) is 0 Å². The molecule has 0 spiro atoms. The molecule has 1 aromatic carbocycles. The number of fused-ring (bicyclic) bond motifs is 1. The van der Waals surface area contributed by atoms with E-state index < -0.39 is 11.7 Å². The smallest absolute Gasteiger partial charge is 0.230 e. The minimum Gasteiger partial charge on any atom is -0.342 e. The van der Waals surface area contributed by atoms with E-state index in [0.717, 1.165) is 12.8 Å². The Morgan fingerprint density at radius 1 is 1.20 bits per heavy atom. The number of halogens is 1. The second-order valence-electron chi connectivity index (χ2n) is 6.50. The molecule has 1 unspecified atom stereocenters. The van der Waals surface area contributed by atoms with Gasteiger partial charge in [-0.2, -0.15) is 0 Å². The van der Waals surface area contributed by atoms with Crippen LogP contribution in [0.1, 0.15) is 36.8 Å². The average molecular weight is 343 g/mol. The topological polar surface area (TPSA) is 80.1 Å². The molecular weight excluding hydrogens is 325 g/mol. The molecule has 1 fully saturated rings. The Kier molecular flexibility index (Phi) is 3.95. The number of benzene rings is 1. The van der Waals surface area contributed by atoms with E-state index in [0.29, 0.717) is 24.3 Å². The summed E-state index contributed by atoms with van der Waals surface area (Å²) in [6.07, 6.45) is 5.04. The van der Waals surface area contributed by atoms with E-state index in [1.165, 1.54) is 18.2 Å². The van der Waals surface area contributed by atoms with E-state index in [-0.39, 0.29) is 24.3 Å². The molecule has 130 valence electrons. The summed E-state index contributed by atoms with van der Waals surface area (Å²) in [6, 6.07) is 4.43. The molecule has 3 heterocycles. The fourth-order valence-corrected chi connectivity index (χ4v) is 3.65. The summed E-state index contributed by atoms with van der Waals surface area (Å²) in [4.78, 5) is 26.7. The number of piperidine rings is 1. The van der Waals surface area contributed by atoms with Crippen LogP contribution >= 0.6 is 0 Å². The van der Waals surface area contributed by atoms with Crippen LogP contribution in [-0.2, 0) is 9.59 Å². The molecule has 8 heteroatoms. The van der Waals surface area contributed by atoms with Gasteiger partial charge in [0.1, 0.15) is 18.5 Å². The molecule has 0 saturated carbocycles. The highest BCUT2D eigenvalue weighted by molar-refractivity contribution is 6.01. The predicted octanol–water partition coefficient (Wildman–Crippen LogP) is 1.71. The lowest BCUT2D eigenvalue weighted by atomic mass is 9.88. The number of carbonyl (C=O) groups excluding carboxylic acids is 2. The zero-order valence-electron chi connectivity index (χ0n) is 13.6. The lowest BCUT2D eigenvalue weighted by molar-refractivity contribution is -0.136. The Labute approximate surface area is 143 Å². The van der Waals surface area contributed by atoms with Crippen LogP contribution in [0.5, 0.6) is 0 Å². The number of hydrogen-bond donors (Lipinski definition) is 1. The lowest BCUT2D eigenvalue weighted by Gasteiger charge is -2.35. The fraction of sp³-hybridized carbons (Fsp3) is 0.412. The van der Waals surface area contributed by atoms with Crippen LogP contribution in [-0.4, -0.2) is 44.6 Å². The Morgan fingerprint density at radius 3 is 2.64 bits per heavy atom. The second-order valence-corrected chi connectivity index (χ2v) is 6.50. The number of likely N-dealkylation sites (tertiary alicyclic amines) is 1. The highest BCUT2D eigenvalue weighted by Gasteiger charge is 2.35. The fourth-order valence-electron chi connectivity index (χ4n) is 3.65. The number of aromatic nitrogens is 3. The maximum absolute atomic E-state index is 13.6. The molecule has 4 rings (SSSR count). The molecule has 1 atom stereocenters. The number of nitrogens with one attached hydrogen (secondary N) is 1. The SMILES string of the molecule is O=C1CC(C(=O)N2CCC(n3cnnc3)CC2)c2cc(F)ccc2N1. The number of amides is 2. The van der Waals surface area contributed by atoms with Crippen LogP contribution in [0.15, 0.2) is 30.9 Å². The van der Waals surface area contributed by atoms with Gasteiger partial charge in [0.2, 0.25) is 11.8 Å². The number of anilines is 1. The van der Waals surface area contributed by atoms with Crippen molar-refractivity contribution >= 4 is 17.5 Å². The van der Waals surface area contributed by atoms with Gasteiger partial charge in [0, 0.05) is 31.2 Å². The quantitative estimate of drug-likeness (QED) is 0.900. The van der Waals surface area contributed by atoms with Crippen LogP contribution in [0.3, 0.4) is 0 Å². The van der Waals surface area contributed by atoms with Gasteiger partial charge in [-0.3, -0.25) is 9.59 Å². The maximum Gasteiger partial charge on any atom is 0.230 e. The van der Waals surface area contributed by atoms with Crippen molar-refractivity contribution in [3.8, 4) is 0 Å². The molecular formula is C17H18FN5O2. The van der Waals surface area contributed by atoms with Crippen LogP contribution in [0.2, 0.25) is 0 Å². The van der Waals surface area contributed by atoms with Gasteiger partial charge in [-0.15, -0.1) is 10.2 Å². The molecule has 2 amide bonds. The minimum absolute atomic E-state index is 0.0562. The zero-order chi connectivity index (χ0) is 17.4. The third kappa shape index (κ3) is 2.99. The van der Waals surface area contributed by atoms with Gasteiger partial charge in [0.05, 0.1) is 5.92 Å². The average Bonchev–Trinajstić information content (AvgIpc) is 3.16. The number of carbonyl (C=O) groups is 2. The van der Waals surface area contributed by atoms with Gasteiger partial charge in [-0.25, -0.2) is 4.39 Å². The minimum atomic E-state index is -0.620. The van der Waals surface area contributed by atoms with E-state index in [4.69, 9.17) is 0 Å². The van der Waals surface area contributed by atoms with Crippen LogP contribution in [0.25, 0.3) is 0 Å². The van der Waals surface area contributed by atoms with Crippen molar-refractivity contribution in [2.24, 2.45) is 0 Å². The van der Waals surface area contributed by atoms with Gasteiger partial charge in [0.25, 0.3) is 0 Å². The van der Waals surface area contributed by atoms with Crippen molar-refractivity contribution in [3.63, 3.8) is 0 Å². The van der Waals surface area contributed by atoms with Crippen LogP contribution in [0, 0.1) is 5.82 Å². The molecule has 0 aliphatic carbocycles. The van der Waals surface area contributed by atoms with Crippen molar-refractivity contribution in [1.29, 1.82) is 0 Å². The maximum atomic E-state index is 13.6. The van der Waals surface area contributed by atoms with E-state index in [1.807, 2.05) is 4.57 Å². The summed E-state index contributed by atoms with van der Waals surface area (Å²) in [5, 5.41) is 10.3. The van der Waals surface area contributed by atoms with Crippen LogP contribution < -0.4 is 5.32 Å². The molecule has 2 aliphatic rings. The molecule has 2 aromatic rings. The third-order valence-corrected chi connectivity index (χ3v) is 4.99. The summed E-state index contributed by atoms with van der Waals surface area (Å²) in [7, 11) is 0. The first kappa shape index (κ1) is 15.7. The van der Waals surface area contributed by atoms with E-state index >= 15 is 0 Å². The van der Waals surface area contributed by atoms with Gasteiger partial charge < -0.3 is 14.8 Å². The lowest BCUT2D eigenvalue weighted by Crippen LogP contribution is -2.43. The molecule has 0 radical (unpaired) electrons. The Hall–Kier alpha value is -2.77. The number of rotatable bonds is 2. The second kappa shape index (κ2) is 6.27. The highest BCUT2D eigenvalue weighted by atomic mass is 19.1. The first-order valence-corrected chi connectivity index (χ1v) is 8.34. The normalized spacial score (nSPS) is 20.9. The monoisotopic (exact) mass is 343 g/mol. The molecule has 7 nitrogen and oxygen atoms in total. The van der Waals surface area contributed by atoms with Gasteiger partial charge in [-0.1, -0.05) is 0 Å². The third-order valence-electron chi connectivity index (χ3n) is 4.99. The predicted molar refractivity (Wildman–Crippen MR) is 87.3 cm³/mol. The van der Waals surface area contributed by atoms with Crippen molar-refractivity contribution in [3.05, 3.63) is 42.2 Å². The van der Waals surface area contributed by atoms with Crippen molar-refractivity contribution in [2.75, 3.05) is 18.4 Å². The summed E-state index contributed by atoms with van der Waals surface area (Å²) in [5.41, 5.74) is 1.08. The van der Waals surface area contributed by atoms with Gasteiger partial charge >= 0.3 is 0 Å². The van der Waals surface area contributed by atoms with Gasteiger partial charge in [-0.05, 0) is 36.6 Å². The molecule has 0 bridgehead atoms. The summed E-state index contributed by atoms with van der Waals surface area (Å²) in [6.45, 7) is 1.20. The standard InChI is InChI=1S/C17H18FN5O2/c18-11-1-2-15-13(7-11)14(8-16(24)21-15)17(25)22-5-3-12(4-6-22)23-9-19-20-10-23/h1-2,7,9-10,12,14H,3-6,8H2,(H,21,24). The molecule has 1 aromatic heterocycles. The Balaban J connectivity index is 1.50. The Morgan fingerprint density at radius 2 is 1.92 bits per heavy atom. The first-order chi connectivity index (χ1) is 12.1. The van der Waals surface area contributed by atoms with E-state index in [2.05, 4.69) is 15.5 Å². The molecule has 25 heavy (non-hydrogen) atoms. The highest BCUT2D eigenvalue weighted by Crippen LogP contribution is 2.35. The van der Waals surface area contributed by atoms with Crippen molar-refractivity contribution in [2.45, 2.75) is 31.2 Å². The summed E-state index contributed by atoms with van der Waals surface area (Å²) < 4.78 is 15.6. The molecule has 2 aliphatic heterocycles. The van der Waals surface area contributed by atoms with E-state index in [9.17, 15) is 14.0 Å². The summed E-state index contributed by atoms with van der Waals surface area (Å²) >= 11 is 0. The number of hydrogen-bond acceptors (Lipinski definition) is 4. The molecule has 1 saturated heterocycles. The summed E-state index contributed by atoms with van der Waals surface area (Å²) in [5.74, 6) is -1.34. The largest absolute Gasteiger partial charge is 0.342 e. The van der Waals surface area contributed by atoms with Crippen LogP contribution in [0.4, 0.5) is 10.1 Å². The Bertz CT molecular complexity index is 799. The van der Waals surface area contributed by atoms with Crippen molar-refractivity contribution in [1.82, 2.24) is 19.7 Å². The van der Waals surface area contributed by atoms with Crippen molar-refractivity contribution < 1.29 is 14.0 Å². The van der Waals surface area contributed by atoms with E-state index in [1.54, 1.807) is 17.6 Å². The number of nitrogens with zero attached hydrogens (tertiary/aromatic N) is 4. The zero-order valence-corrected chi connectivity index (χ0v) is 13.6. The molecule has 1 N–H and O–H groups in total. The first-order valence-electron chi connectivity index (χ1n) is 8.34.